The third-order valence-corrected chi connectivity index (χ3v) is 3.58. The Morgan fingerprint density at radius 1 is 1.47 bits per heavy atom. The summed E-state index contributed by atoms with van der Waals surface area (Å²) in [5.74, 6) is 0.786. The first-order chi connectivity index (χ1) is 7.33. The van der Waals surface area contributed by atoms with Crippen molar-refractivity contribution >= 4 is 12.6 Å². The molecule has 1 aromatic heterocycles. The van der Waals surface area contributed by atoms with Crippen LogP contribution in [0, 0.1) is 0 Å². The van der Waals surface area contributed by atoms with E-state index >= 15 is 0 Å². The lowest BCUT2D eigenvalue weighted by Crippen LogP contribution is -2.34. The molecule has 2 rings (SSSR count). The summed E-state index contributed by atoms with van der Waals surface area (Å²) in [6, 6.07) is 0.599. The molecular weight excluding hydrogens is 206 g/mol. The van der Waals surface area contributed by atoms with Gasteiger partial charge in [-0.25, -0.2) is 0 Å². The van der Waals surface area contributed by atoms with E-state index in [0.717, 1.165) is 5.75 Å². The lowest BCUT2D eigenvalue weighted by molar-refractivity contribution is 0.187. The molecule has 0 atom stereocenters. The molecule has 0 aromatic carbocycles. The van der Waals surface area contributed by atoms with Gasteiger partial charge in [-0.1, -0.05) is 6.92 Å². The van der Waals surface area contributed by atoms with Gasteiger partial charge in [0.25, 0.3) is 0 Å². The summed E-state index contributed by atoms with van der Waals surface area (Å²) in [6.45, 7) is 5.81. The zero-order valence-electron chi connectivity index (χ0n) is 9.26. The minimum Gasteiger partial charge on any atom is -0.303 e. The molecule has 0 saturated carbocycles. The van der Waals surface area contributed by atoms with E-state index < -0.39 is 0 Å². The molecule has 3 nitrogen and oxygen atoms in total. The second-order valence-corrected chi connectivity index (χ2v) is 4.47. The molecule has 1 aliphatic rings. The van der Waals surface area contributed by atoms with E-state index in [9.17, 15) is 0 Å². The van der Waals surface area contributed by atoms with Gasteiger partial charge in [0.2, 0.25) is 0 Å². The molecule has 0 aliphatic carbocycles. The van der Waals surface area contributed by atoms with E-state index in [1.54, 1.807) is 0 Å². The zero-order chi connectivity index (χ0) is 10.7. The lowest BCUT2D eigenvalue weighted by atomic mass is 10.1. The number of thiol groups is 1. The van der Waals surface area contributed by atoms with E-state index in [1.807, 2.05) is 6.20 Å². The Morgan fingerprint density at radius 2 is 2.20 bits per heavy atom. The highest BCUT2D eigenvalue weighted by molar-refractivity contribution is 7.79. The molecule has 4 heteroatoms. The molecular formula is C11H19N3S. The Bertz CT molecular complexity index is 303. The molecule has 0 unspecified atom stereocenters. The number of aromatic nitrogens is 2. The fourth-order valence-electron chi connectivity index (χ4n) is 2.16. The van der Waals surface area contributed by atoms with Gasteiger partial charge in [-0.05, 0) is 24.9 Å². The first-order valence-corrected chi connectivity index (χ1v) is 6.33. The monoisotopic (exact) mass is 225 g/mol. The normalized spacial score (nSPS) is 19.6. The van der Waals surface area contributed by atoms with Gasteiger partial charge in [0.1, 0.15) is 0 Å². The maximum absolute atomic E-state index is 4.41. The summed E-state index contributed by atoms with van der Waals surface area (Å²) >= 11 is 4.26. The van der Waals surface area contributed by atoms with Crippen LogP contribution in [-0.2, 0) is 5.75 Å². The van der Waals surface area contributed by atoms with Crippen LogP contribution in [0.4, 0.5) is 0 Å². The van der Waals surface area contributed by atoms with E-state index in [1.165, 1.54) is 38.0 Å². The number of nitrogens with zero attached hydrogens (tertiary/aromatic N) is 3. The molecule has 2 heterocycles. The average Bonchev–Trinajstić information content (AvgIpc) is 2.78. The first kappa shape index (κ1) is 11.0. The van der Waals surface area contributed by atoms with Crippen molar-refractivity contribution in [2.75, 3.05) is 19.6 Å². The standard InChI is InChI=1S/C11H19N3S/c1-2-13-5-3-11(4-6-13)14-8-10(9-15)7-12-14/h7-8,11,15H,2-6,9H2,1H3. The van der Waals surface area contributed by atoms with Gasteiger partial charge < -0.3 is 4.90 Å². The van der Waals surface area contributed by atoms with E-state index in [4.69, 9.17) is 0 Å². The van der Waals surface area contributed by atoms with Crippen LogP contribution < -0.4 is 0 Å². The van der Waals surface area contributed by atoms with E-state index in [2.05, 4.69) is 40.4 Å². The van der Waals surface area contributed by atoms with Gasteiger partial charge in [0, 0.05) is 25.0 Å². The number of likely N-dealkylation sites (tertiary alicyclic amines) is 1. The van der Waals surface area contributed by atoms with E-state index in [-0.39, 0.29) is 0 Å². The van der Waals surface area contributed by atoms with Crippen LogP contribution in [0.3, 0.4) is 0 Å². The summed E-state index contributed by atoms with van der Waals surface area (Å²) in [6.07, 6.45) is 6.52. The molecule has 84 valence electrons. The zero-order valence-corrected chi connectivity index (χ0v) is 10.2. The maximum Gasteiger partial charge on any atom is 0.0543 e. The summed E-state index contributed by atoms with van der Waals surface area (Å²) in [4.78, 5) is 2.50. The summed E-state index contributed by atoms with van der Waals surface area (Å²) < 4.78 is 2.12. The van der Waals surface area contributed by atoms with Crippen molar-refractivity contribution in [1.29, 1.82) is 0 Å². The number of piperidine rings is 1. The largest absolute Gasteiger partial charge is 0.303 e. The molecule has 1 aromatic rings. The van der Waals surface area contributed by atoms with Crippen LogP contribution in [0.5, 0.6) is 0 Å². The van der Waals surface area contributed by atoms with Crippen LogP contribution in [0.15, 0.2) is 12.4 Å². The van der Waals surface area contributed by atoms with Crippen LogP contribution in [0.1, 0.15) is 31.4 Å². The van der Waals surface area contributed by atoms with Crippen LogP contribution in [-0.4, -0.2) is 34.3 Å². The topological polar surface area (TPSA) is 21.1 Å². The number of hydrogen-bond donors (Lipinski definition) is 1. The highest BCUT2D eigenvalue weighted by Crippen LogP contribution is 2.21. The van der Waals surface area contributed by atoms with Gasteiger partial charge in [-0.2, -0.15) is 17.7 Å². The smallest absolute Gasteiger partial charge is 0.0543 e. The van der Waals surface area contributed by atoms with Gasteiger partial charge in [-0.15, -0.1) is 0 Å². The highest BCUT2D eigenvalue weighted by Gasteiger charge is 2.19. The molecule has 0 radical (unpaired) electrons. The molecule has 1 saturated heterocycles. The van der Waals surface area contributed by atoms with Crippen molar-refractivity contribution < 1.29 is 0 Å². The molecule has 1 aliphatic heterocycles. The molecule has 0 bridgehead atoms. The molecule has 0 N–H and O–H groups in total. The van der Waals surface area contributed by atoms with Crippen molar-refractivity contribution in [1.82, 2.24) is 14.7 Å². The third kappa shape index (κ3) is 2.55. The van der Waals surface area contributed by atoms with Crippen molar-refractivity contribution in [3.63, 3.8) is 0 Å². The second kappa shape index (κ2) is 5.03. The second-order valence-electron chi connectivity index (χ2n) is 4.15. The third-order valence-electron chi connectivity index (χ3n) is 3.22. The van der Waals surface area contributed by atoms with Crippen LogP contribution in [0.2, 0.25) is 0 Å². The molecule has 1 fully saturated rings. The van der Waals surface area contributed by atoms with Crippen molar-refractivity contribution in [2.24, 2.45) is 0 Å². The predicted molar refractivity (Wildman–Crippen MR) is 65.3 cm³/mol. The van der Waals surface area contributed by atoms with E-state index in [0.29, 0.717) is 6.04 Å². The first-order valence-electron chi connectivity index (χ1n) is 5.69. The Balaban J connectivity index is 1.95. The Kier molecular flexibility index (Phi) is 3.70. The Morgan fingerprint density at radius 3 is 2.73 bits per heavy atom. The van der Waals surface area contributed by atoms with Crippen LogP contribution >= 0.6 is 12.6 Å². The van der Waals surface area contributed by atoms with Gasteiger partial charge in [-0.3, -0.25) is 4.68 Å². The Hall–Kier alpha value is -0.480. The maximum atomic E-state index is 4.41. The predicted octanol–water partition coefficient (Wildman–Crippen LogP) is 1.97. The van der Waals surface area contributed by atoms with Gasteiger partial charge in [0.15, 0.2) is 0 Å². The van der Waals surface area contributed by atoms with Crippen molar-refractivity contribution in [2.45, 2.75) is 31.6 Å². The number of rotatable bonds is 3. The summed E-state index contributed by atoms with van der Waals surface area (Å²) in [5.41, 5.74) is 1.22. The Labute approximate surface area is 96.9 Å². The van der Waals surface area contributed by atoms with Crippen LogP contribution in [0.25, 0.3) is 0 Å². The molecule has 15 heavy (non-hydrogen) atoms. The minimum atomic E-state index is 0.599. The lowest BCUT2D eigenvalue weighted by Gasteiger charge is -2.31. The van der Waals surface area contributed by atoms with Gasteiger partial charge >= 0.3 is 0 Å². The minimum absolute atomic E-state index is 0.599. The average molecular weight is 225 g/mol. The summed E-state index contributed by atoms with van der Waals surface area (Å²) in [7, 11) is 0. The van der Waals surface area contributed by atoms with Crippen molar-refractivity contribution in [3.8, 4) is 0 Å². The quantitative estimate of drug-likeness (QED) is 0.794. The fourth-order valence-corrected chi connectivity index (χ4v) is 2.32. The van der Waals surface area contributed by atoms with Crippen molar-refractivity contribution in [3.05, 3.63) is 18.0 Å². The highest BCUT2D eigenvalue weighted by atomic mass is 32.1. The van der Waals surface area contributed by atoms with Gasteiger partial charge in [0.05, 0.1) is 12.2 Å². The number of hydrogen-bond acceptors (Lipinski definition) is 3. The molecule has 0 amide bonds. The fraction of sp³-hybridized carbons (Fsp3) is 0.727. The SMILES string of the molecule is CCN1CCC(n2cc(CS)cn2)CC1. The molecule has 0 spiro atoms. The summed E-state index contributed by atoms with van der Waals surface area (Å²) in [5, 5.41) is 4.41.